The summed E-state index contributed by atoms with van der Waals surface area (Å²) in [5.74, 6) is -0.0261. The number of hydrogen-bond donors (Lipinski definition) is 0. The second-order valence-electron chi connectivity index (χ2n) is 5.00. The molecule has 1 heterocycles. The molecule has 0 fully saturated rings. The Morgan fingerprint density at radius 1 is 0.773 bits per heavy atom. The third-order valence-corrected chi connectivity index (χ3v) is 4.42. The lowest BCUT2D eigenvalue weighted by Gasteiger charge is -2.04. The lowest BCUT2D eigenvalue weighted by molar-refractivity contribution is 0.104. The molecule has 5 heteroatoms. The second kappa shape index (κ2) is 4.90. The van der Waals surface area contributed by atoms with E-state index in [1.807, 2.05) is 18.2 Å². The Bertz CT molecular complexity index is 938. The fraction of sp³-hybridized carbons (Fsp3) is 0. The van der Waals surface area contributed by atoms with E-state index in [2.05, 4.69) is 10.2 Å². The fourth-order valence-electron chi connectivity index (χ4n) is 2.59. The molecule has 0 aliphatic heterocycles. The monoisotopic (exact) mass is 326 g/mol. The normalized spacial score (nSPS) is 12.2. The van der Waals surface area contributed by atoms with Crippen LogP contribution >= 0.6 is 23.2 Å². The Balaban J connectivity index is 1.87. The van der Waals surface area contributed by atoms with Gasteiger partial charge in [0, 0.05) is 16.7 Å². The molecule has 0 amide bonds. The maximum absolute atomic E-state index is 12.5. The first-order valence-corrected chi connectivity index (χ1v) is 7.38. The van der Waals surface area contributed by atoms with Crippen molar-refractivity contribution in [3.8, 4) is 22.5 Å². The highest BCUT2D eigenvalue weighted by molar-refractivity contribution is 6.42. The number of benzene rings is 2. The van der Waals surface area contributed by atoms with Gasteiger partial charge in [-0.25, -0.2) is 0 Å². The summed E-state index contributed by atoms with van der Waals surface area (Å²) in [7, 11) is 0. The molecule has 1 aliphatic carbocycles. The van der Waals surface area contributed by atoms with Crippen molar-refractivity contribution in [3.05, 3.63) is 69.7 Å². The number of rotatable bonds is 1. The van der Waals surface area contributed by atoms with Crippen molar-refractivity contribution in [2.75, 3.05) is 0 Å². The lowest BCUT2D eigenvalue weighted by Crippen LogP contribution is -1.98. The summed E-state index contributed by atoms with van der Waals surface area (Å²) in [6.45, 7) is 0. The van der Waals surface area contributed by atoms with Gasteiger partial charge in [-0.15, -0.1) is 10.2 Å². The van der Waals surface area contributed by atoms with Crippen LogP contribution in [0.15, 0.2) is 48.5 Å². The molecule has 0 atom stereocenters. The summed E-state index contributed by atoms with van der Waals surface area (Å²) in [4.78, 5) is 12.5. The molecule has 0 unspecified atom stereocenters. The van der Waals surface area contributed by atoms with Gasteiger partial charge in [-0.1, -0.05) is 53.5 Å². The molecule has 0 saturated carbocycles. The molecular weight excluding hydrogens is 319 g/mol. The van der Waals surface area contributed by atoms with E-state index in [0.717, 1.165) is 11.1 Å². The summed E-state index contributed by atoms with van der Waals surface area (Å²) in [5, 5.41) is 9.37. The Labute approximate surface area is 136 Å². The van der Waals surface area contributed by atoms with Gasteiger partial charge in [0.25, 0.3) is 0 Å². The highest BCUT2D eigenvalue weighted by Gasteiger charge is 2.28. The third kappa shape index (κ3) is 1.94. The van der Waals surface area contributed by atoms with Crippen LogP contribution in [0.25, 0.3) is 22.5 Å². The SMILES string of the molecule is O=C1c2ccccc2-c2nnc(-c3ccc(Cl)c(Cl)c3)cc21. The van der Waals surface area contributed by atoms with Gasteiger partial charge in [0.15, 0.2) is 5.78 Å². The van der Waals surface area contributed by atoms with Crippen LogP contribution < -0.4 is 0 Å². The largest absolute Gasteiger partial charge is 0.289 e. The minimum absolute atomic E-state index is 0.0261. The van der Waals surface area contributed by atoms with Gasteiger partial charge in [0.05, 0.1) is 21.3 Å². The van der Waals surface area contributed by atoms with Crippen molar-refractivity contribution in [2.45, 2.75) is 0 Å². The van der Waals surface area contributed by atoms with E-state index < -0.39 is 0 Å². The molecule has 4 rings (SSSR count). The Morgan fingerprint density at radius 3 is 2.32 bits per heavy atom. The highest BCUT2D eigenvalue weighted by atomic mass is 35.5. The molecule has 3 nitrogen and oxygen atoms in total. The predicted molar refractivity (Wildman–Crippen MR) is 86.4 cm³/mol. The molecule has 0 radical (unpaired) electrons. The Morgan fingerprint density at radius 2 is 1.55 bits per heavy atom. The van der Waals surface area contributed by atoms with Crippen LogP contribution in [-0.4, -0.2) is 16.0 Å². The molecular formula is C17H8Cl2N2O. The topological polar surface area (TPSA) is 42.9 Å². The smallest absolute Gasteiger partial charge is 0.196 e. The van der Waals surface area contributed by atoms with Crippen molar-refractivity contribution >= 4 is 29.0 Å². The Kier molecular flexibility index (Phi) is 2.99. The van der Waals surface area contributed by atoms with Crippen molar-refractivity contribution in [1.82, 2.24) is 10.2 Å². The predicted octanol–water partition coefficient (Wildman–Crippen LogP) is 4.66. The van der Waals surface area contributed by atoms with Crippen LogP contribution in [0.3, 0.4) is 0 Å². The van der Waals surface area contributed by atoms with Gasteiger partial charge in [-0.2, -0.15) is 0 Å². The number of hydrogen-bond acceptors (Lipinski definition) is 3. The summed E-state index contributed by atoms with van der Waals surface area (Å²) in [5.41, 5.74) is 4.06. The Hall–Kier alpha value is -2.23. The van der Waals surface area contributed by atoms with Gasteiger partial charge >= 0.3 is 0 Å². The van der Waals surface area contributed by atoms with Crippen LogP contribution in [0.5, 0.6) is 0 Å². The summed E-state index contributed by atoms with van der Waals surface area (Å²) < 4.78 is 0. The van der Waals surface area contributed by atoms with E-state index in [1.165, 1.54) is 0 Å². The number of aromatic nitrogens is 2. The standard InChI is InChI=1S/C17H8Cl2N2O/c18-13-6-5-9(7-14(13)19)15-8-12-16(21-20-15)10-3-1-2-4-11(10)17(12)22/h1-8H. The van der Waals surface area contributed by atoms with Crippen LogP contribution in [0, 0.1) is 0 Å². The molecule has 1 aliphatic rings. The quantitative estimate of drug-likeness (QED) is 0.510. The first kappa shape index (κ1) is 13.4. The number of nitrogens with zero attached hydrogens (tertiary/aromatic N) is 2. The molecule has 3 aromatic rings. The van der Waals surface area contributed by atoms with Gasteiger partial charge in [0.2, 0.25) is 0 Å². The first-order chi connectivity index (χ1) is 10.6. The van der Waals surface area contributed by atoms with Crippen molar-refractivity contribution in [3.63, 3.8) is 0 Å². The zero-order valence-corrected chi connectivity index (χ0v) is 12.7. The van der Waals surface area contributed by atoms with Gasteiger partial charge in [-0.05, 0) is 18.2 Å². The lowest BCUT2D eigenvalue weighted by atomic mass is 10.1. The minimum Gasteiger partial charge on any atom is -0.289 e. The van der Waals surface area contributed by atoms with E-state index in [4.69, 9.17) is 23.2 Å². The zero-order valence-electron chi connectivity index (χ0n) is 11.2. The number of carbonyl (C=O) groups excluding carboxylic acids is 1. The molecule has 106 valence electrons. The summed E-state index contributed by atoms with van der Waals surface area (Å²) >= 11 is 12.0. The van der Waals surface area contributed by atoms with E-state index in [0.29, 0.717) is 32.6 Å². The third-order valence-electron chi connectivity index (χ3n) is 3.68. The highest BCUT2D eigenvalue weighted by Crippen LogP contribution is 2.36. The molecule has 0 saturated heterocycles. The van der Waals surface area contributed by atoms with Gasteiger partial charge in [0.1, 0.15) is 5.69 Å². The number of ketones is 1. The number of halogens is 2. The zero-order chi connectivity index (χ0) is 15.3. The molecule has 2 aromatic carbocycles. The summed E-state index contributed by atoms with van der Waals surface area (Å²) in [6.07, 6.45) is 0. The van der Waals surface area contributed by atoms with E-state index >= 15 is 0 Å². The number of fused-ring (bicyclic) bond motifs is 3. The average Bonchev–Trinajstić information content (AvgIpc) is 2.83. The van der Waals surface area contributed by atoms with Crippen molar-refractivity contribution < 1.29 is 4.79 Å². The first-order valence-electron chi connectivity index (χ1n) is 6.62. The average molecular weight is 327 g/mol. The van der Waals surface area contributed by atoms with Crippen LogP contribution in [0.2, 0.25) is 10.0 Å². The van der Waals surface area contributed by atoms with Gasteiger partial charge in [-0.3, -0.25) is 4.79 Å². The van der Waals surface area contributed by atoms with E-state index in [9.17, 15) is 4.79 Å². The van der Waals surface area contributed by atoms with E-state index in [-0.39, 0.29) is 5.78 Å². The van der Waals surface area contributed by atoms with Gasteiger partial charge < -0.3 is 0 Å². The second-order valence-corrected chi connectivity index (χ2v) is 5.81. The molecule has 22 heavy (non-hydrogen) atoms. The van der Waals surface area contributed by atoms with Crippen molar-refractivity contribution in [1.29, 1.82) is 0 Å². The summed E-state index contributed by atoms with van der Waals surface area (Å²) in [6, 6.07) is 14.4. The molecule has 0 bridgehead atoms. The number of carbonyl (C=O) groups is 1. The maximum atomic E-state index is 12.5. The molecule has 0 N–H and O–H groups in total. The van der Waals surface area contributed by atoms with Crippen molar-refractivity contribution in [2.24, 2.45) is 0 Å². The van der Waals surface area contributed by atoms with Crippen LogP contribution in [-0.2, 0) is 0 Å². The van der Waals surface area contributed by atoms with Crippen LogP contribution in [0.1, 0.15) is 15.9 Å². The minimum atomic E-state index is -0.0261. The molecule has 1 aromatic heterocycles. The van der Waals surface area contributed by atoms with E-state index in [1.54, 1.807) is 30.3 Å². The fourth-order valence-corrected chi connectivity index (χ4v) is 2.89. The van der Waals surface area contributed by atoms with Crippen LogP contribution in [0.4, 0.5) is 0 Å². The molecule has 0 spiro atoms. The maximum Gasteiger partial charge on any atom is 0.196 e.